The Morgan fingerprint density at radius 2 is 1.76 bits per heavy atom. The Kier molecular flexibility index (Phi) is 3.10. The average Bonchev–Trinajstić information content (AvgIpc) is 2.32. The Hall–Kier alpha value is -1.88. The number of nitrogens with zero attached hydrogens (tertiary/aromatic N) is 3. The molecule has 1 heterocycles. The molecule has 0 spiro atoms. The van der Waals surface area contributed by atoms with Crippen molar-refractivity contribution in [2.45, 2.75) is 6.42 Å². The van der Waals surface area contributed by atoms with Gasteiger partial charge in [-0.25, -0.2) is 0 Å². The molecule has 0 radical (unpaired) electrons. The molecule has 2 rings (SSSR count). The second-order valence-electron chi connectivity index (χ2n) is 4.28. The lowest BCUT2D eigenvalue weighted by molar-refractivity contribution is -0.634. The summed E-state index contributed by atoms with van der Waals surface area (Å²) in [5, 5.41) is 23.8. The van der Waals surface area contributed by atoms with Crippen LogP contribution in [0.4, 0.5) is 0 Å². The summed E-state index contributed by atoms with van der Waals surface area (Å²) in [6, 6.07) is 6.81. The molecule has 0 saturated carbocycles. The van der Waals surface area contributed by atoms with Crippen LogP contribution in [-0.4, -0.2) is 25.5 Å². The molecule has 2 aromatic rings. The average molecular weight is 233 g/mol. The highest BCUT2D eigenvalue weighted by atomic mass is 16.5. The van der Waals surface area contributed by atoms with Crippen LogP contribution in [0.15, 0.2) is 30.5 Å². The Morgan fingerprint density at radius 3 is 2.41 bits per heavy atom. The van der Waals surface area contributed by atoms with Gasteiger partial charge in [0.05, 0.1) is 6.42 Å². The van der Waals surface area contributed by atoms with E-state index in [1.807, 2.05) is 19.0 Å². The van der Waals surface area contributed by atoms with Gasteiger partial charge in [0.15, 0.2) is 0 Å². The number of hydrogen-bond donors (Lipinski definition) is 0. The van der Waals surface area contributed by atoms with Crippen molar-refractivity contribution in [2.75, 3.05) is 20.6 Å². The van der Waals surface area contributed by atoms with Crippen molar-refractivity contribution in [3.63, 3.8) is 0 Å². The molecule has 0 amide bonds. The molecule has 0 N–H and O–H groups in total. The van der Waals surface area contributed by atoms with Crippen LogP contribution in [0.1, 0.15) is 5.69 Å². The van der Waals surface area contributed by atoms with Gasteiger partial charge in [0, 0.05) is 18.7 Å². The Balaban J connectivity index is 2.47. The minimum atomic E-state index is 0.399. The predicted octanol–water partition coefficient (Wildman–Crippen LogP) is 0.211. The zero-order valence-corrected chi connectivity index (χ0v) is 9.96. The van der Waals surface area contributed by atoms with Crippen LogP contribution in [0.25, 0.3) is 11.0 Å². The highest BCUT2D eigenvalue weighted by Crippen LogP contribution is 2.05. The molecule has 0 fully saturated rings. The lowest BCUT2D eigenvalue weighted by Gasteiger charge is -2.10. The van der Waals surface area contributed by atoms with E-state index in [4.69, 9.17) is 0 Å². The Morgan fingerprint density at radius 1 is 1.12 bits per heavy atom. The van der Waals surface area contributed by atoms with E-state index in [2.05, 4.69) is 0 Å². The molecular formula is C12H15N3O2. The van der Waals surface area contributed by atoms with Crippen LogP contribution in [-0.2, 0) is 6.42 Å². The largest absolute Gasteiger partial charge is 0.618 e. The smallest absolute Gasteiger partial charge is 0.290 e. The quantitative estimate of drug-likeness (QED) is 0.562. The van der Waals surface area contributed by atoms with E-state index in [1.54, 1.807) is 24.3 Å². The number of rotatable bonds is 3. The van der Waals surface area contributed by atoms with Gasteiger partial charge in [0.25, 0.3) is 16.7 Å². The second kappa shape index (κ2) is 4.55. The first-order valence-corrected chi connectivity index (χ1v) is 5.47. The van der Waals surface area contributed by atoms with Crippen LogP contribution in [0.3, 0.4) is 0 Å². The molecule has 0 bridgehead atoms. The maximum atomic E-state index is 12.0. The monoisotopic (exact) mass is 233 g/mol. The molecule has 1 aromatic heterocycles. The Bertz CT molecular complexity index is 541. The first-order chi connectivity index (χ1) is 8.09. The second-order valence-corrected chi connectivity index (χ2v) is 4.28. The van der Waals surface area contributed by atoms with E-state index >= 15 is 0 Å². The number of aromatic nitrogens is 2. The van der Waals surface area contributed by atoms with Gasteiger partial charge in [-0.15, -0.1) is 0 Å². The molecular weight excluding hydrogens is 218 g/mol. The van der Waals surface area contributed by atoms with E-state index in [-0.39, 0.29) is 0 Å². The van der Waals surface area contributed by atoms with Crippen LogP contribution < -0.4 is 9.46 Å². The van der Waals surface area contributed by atoms with Crippen LogP contribution in [0, 0.1) is 10.4 Å². The number of hydrogen-bond acceptors (Lipinski definition) is 3. The van der Waals surface area contributed by atoms with Crippen molar-refractivity contribution in [3.05, 3.63) is 46.6 Å². The summed E-state index contributed by atoms with van der Waals surface area (Å²) in [5.74, 6) is 0. The third-order valence-corrected chi connectivity index (χ3v) is 2.68. The molecule has 0 aliphatic rings. The summed E-state index contributed by atoms with van der Waals surface area (Å²) in [6.45, 7) is 0.737. The van der Waals surface area contributed by atoms with Crippen LogP contribution in [0.5, 0.6) is 0 Å². The van der Waals surface area contributed by atoms with Crippen molar-refractivity contribution in [1.82, 2.24) is 4.90 Å². The van der Waals surface area contributed by atoms with Gasteiger partial charge in [-0.3, -0.25) is 0 Å². The molecule has 0 unspecified atom stereocenters. The maximum Gasteiger partial charge on any atom is 0.290 e. The maximum absolute atomic E-state index is 12.0. The van der Waals surface area contributed by atoms with Gasteiger partial charge in [-0.1, -0.05) is 12.1 Å². The highest BCUT2D eigenvalue weighted by molar-refractivity contribution is 5.67. The zero-order valence-electron chi connectivity index (χ0n) is 9.96. The number of fused-ring (bicyclic) bond motifs is 1. The van der Waals surface area contributed by atoms with Crippen LogP contribution in [0.2, 0.25) is 0 Å². The topological polar surface area (TPSA) is 57.1 Å². The first kappa shape index (κ1) is 11.6. The van der Waals surface area contributed by atoms with Gasteiger partial charge >= 0.3 is 0 Å². The number of benzene rings is 1. The highest BCUT2D eigenvalue weighted by Gasteiger charge is 2.18. The normalized spacial score (nSPS) is 11.2. The molecule has 0 aliphatic carbocycles. The lowest BCUT2D eigenvalue weighted by atomic mass is 10.2. The molecule has 90 valence electrons. The fraction of sp³-hybridized carbons (Fsp3) is 0.333. The summed E-state index contributed by atoms with van der Waals surface area (Å²) in [5.41, 5.74) is 1.31. The zero-order chi connectivity index (χ0) is 12.4. The number of likely N-dealkylation sites (N-methyl/N-ethyl adjacent to an activating group) is 1. The van der Waals surface area contributed by atoms with E-state index in [0.29, 0.717) is 23.1 Å². The van der Waals surface area contributed by atoms with Gasteiger partial charge < -0.3 is 15.3 Å². The minimum absolute atomic E-state index is 0.399. The fourth-order valence-corrected chi connectivity index (χ4v) is 1.74. The van der Waals surface area contributed by atoms with Gasteiger partial charge in [-0.05, 0) is 14.1 Å². The SMILES string of the molecule is CN(C)CCc1c[n+]([O-])c2ccccc2[n+]1[O-]. The summed E-state index contributed by atoms with van der Waals surface area (Å²) >= 11 is 0. The molecule has 5 nitrogen and oxygen atoms in total. The molecule has 0 atom stereocenters. The minimum Gasteiger partial charge on any atom is -0.618 e. The van der Waals surface area contributed by atoms with Crippen molar-refractivity contribution in [3.8, 4) is 0 Å². The van der Waals surface area contributed by atoms with Crippen LogP contribution >= 0.6 is 0 Å². The van der Waals surface area contributed by atoms with Crippen molar-refractivity contribution in [2.24, 2.45) is 0 Å². The standard InChI is InChI=1S/C12H15N3O2/c1-13(2)8-7-10-9-14(16)11-5-3-4-6-12(11)15(10)17/h3-6,9H,7-8H2,1-2H3. The molecule has 1 aromatic carbocycles. The van der Waals surface area contributed by atoms with Crippen molar-refractivity contribution in [1.29, 1.82) is 0 Å². The third kappa shape index (κ3) is 2.29. The summed E-state index contributed by atoms with van der Waals surface area (Å²) < 4.78 is 1.60. The van der Waals surface area contributed by atoms with Gasteiger partial charge in [0.1, 0.15) is 0 Å². The van der Waals surface area contributed by atoms with E-state index in [0.717, 1.165) is 16.0 Å². The van der Waals surface area contributed by atoms with Crippen molar-refractivity contribution >= 4 is 11.0 Å². The Labute approximate surface area is 99.7 Å². The third-order valence-electron chi connectivity index (χ3n) is 2.68. The van der Waals surface area contributed by atoms with E-state index in [9.17, 15) is 10.4 Å². The predicted molar refractivity (Wildman–Crippen MR) is 64.1 cm³/mol. The summed E-state index contributed by atoms with van der Waals surface area (Å²) in [7, 11) is 3.86. The van der Waals surface area contributed by atoms with Gasteiger partial charge in [0.2, 0.25) is 6.20 Å². The fourth-order valence-electron chi connectivity index (χ4n) is 1.74. The van der Waals surface area contributed by atoms with Gasteiger partial charge in [-0.2, -0.15) is 9.46 Å². The summed E-state index contributed by atoms with van der Waals surface area (Å²) in [6.07, 6.45) is 1.92. The van der Waals surface area contributed by atoms with Crippen molar-refractivity contribution < 1.29 is 9.46 Å². The molecule has 0 aliphatic heterocycles. The summed E-state index contributed by atoms with van der Waals surface area (Å²) in [4.78, 5) is 1.98. The lowest BCUT2D eigenvalue weighted by Crippen LogP contribution is -2.42. The molecule has 5 heteroatoms. The molecule has 0 saturated heterocycles. The first-order valence-electron chi connectivity index (χ1n) is 5.47. The van der Waals surface area contributed by atoms with E-state index < -0.39 is 0 Å². The molecule has 17 heavy (non-hydrogen) atoms. The van der Waals surface area contributed by atoms with E-state index in [1.165, 1.54) is 6.20 Å². The number of para-hydroxylation sites is 2.